The van der Waals surface area contributed by atoms with Gasteiger partial charge >= 0.3 is 17.9 Å². The summed E-state index contributed by atoms with van der Waals surface area (Å²) >= 11 is 0. The van der Waals surface area contributed by atoms with Crippen molar-refractivity contribution in [3.8, 4) is 17.2 Å². The van der Waals surface area contributed by atoms with Crippen molar-refractivity contribution >= 4 is 24.0 Å². The van der Waals surface area contributed by atoms with E-state index in [9.17, 15) is 14.4 Å². The molecule has 0 aromatic heterocycles. The summed E-state index contributed by atoms with van der Waals surface area (Å²) in [6, 6.07) is 20.1. The molecular weight excluding hydrogens is 604 g/mol. The Kier molecular flexibility index (Phi) is 17.0. The van der Waals surface area contributed by atoms with Crippen LogP contribution in [0.1, 0.15) is 131 Å². The van der Waals surface area contributed by atoms with Crippen LogP contribution >= 0.6 is 0 Å². The van der Waals surface area contributed by atoms with Crippen LogP contribution in [0, 0.1) is 0 Å². The molecule has 0 amide bonds. The minimum Gasteiger partial charge on any atom is -0.494 e. The highest BCUT2D eigenvalue weighted by molar-refractivity contribution is 5.95. The molecule has 0 heterocycles. The van der Waals surface area contributed by atoms with Crippen molar-refractivity contribution in [1.29, 1.82) is 0 Å². The Labute approximate surface area is 286 Å². The summed E-state index contributed by atoms with van der Waals surface area (Å²) in [5, 5.41) is 0. The molecule has 0 aliphatic carbocycles. The maximum Gasteiger partial charge on any atom is 0.343 e. The lowest BCUT2D eigenvalue weighted by atomic mass is 10.1. The normalized spacial score (nSPS) is 11.9. The lowest BCUT2D eigenvalue weighted by Gasteiger charge is -2.13. The van der Waals surface area contributed by atoms with Crippen LogP contribution in [0.25, 0.3) is 6.08 Å². The summed E-state index contributed by atoms with van der Waals surface area (Å²) in [5.41, 5.74) is 1.98. The van der Waals surface area contributed by atoms with Gasteiger partial charge in [0.2, 0.25) is 0 Å². The van der Waals surface area contributed by atoms with Gasteiger partial charge in [0.15, 0.2) is 0 Å². The molecule has 0 aliphatic rings. The number of rotatable bonds is 21. The lowest BCUT2D eigenvalue weighted by Crippen LogP contribution is -2.15. The molecule has 0 saturated carbocycles. The summed E-state index contributed by atoms with van der Waals surface area (Å²) in [6.45, 7) is 8.69. The molecule has 3 aromatic rings. The van der Waals surface area contributed by atoms with Gasteiger partial charge in [0.05, 0.1) is 23.8 Å². The van der Waals surface area contributed by atoms with E-state index >= 15 is 0 Å². The predicted molar refractivity (Wildman–Crippen MR) is 191 cm³/mol. The number of hydrogen-bond acceptors (Lipinski definition) is 7. The highest BCUT2D eigenvalue weighted by Crippen LogP contribution is 2.20. The molecule has 0 fully saturated rings. The summed E-state index contributed by atoms with van der Waals surface area (Å²) in [4.78, 5) is 37.8. The molecule has 3 aromatic carbocycles. The maximum absolute atomic E-state index is 12.7. The number of carbonyl (C=O) groups excluding carboxylic acids is 3. The third kappa shape index (κ3) is 14.2. The van der Waals surface area contributed by atoms with Gasteiger partial charge in [0.25, 0.3) is 0 Å². The van der Waals surface area contributed by atoms with Crippen LogP contribution in [0.4, 0.5) is 0 Å². The van der Waals surface area contributed by atoms with Crippen LogP contribution in [0.5, 0.6) is 17.2 Å². The number of ether oxygens (including phenoxy) is 4. The van der Waals surface area contributed by atoms with Crippen LogP contribution in [-0.4, -0.2) is 30.6 Å². The van der Waals surface area contributed by atoms with Crippen molar-refractivity contribution in [2.45, 2.75) is 111 Å². The first-order chi connectivity index (χ1) is 23.3. The Morgan fingerprint density at radius 1 is 0.604 bits per heavy atom. The predicted octanol–water partition coefficient (Wildman–Crippen LogP) is 10.6. The molecule has 7 nitrogen and oxygen atoms in total. The fourth-order valence-corrected chi connectivity index (χ4v) is 5.06. The van der Waals surface area contributed by atoms with E-state index in [1.165, 1.54) is 57.1 Å². The Balaban J connectivity index is 1.42. The second-order valence-corrected chi connectivity index (χ2v) is 12.3. The van der Waals surface area contributed by atoms with Crippen LogP contribution in [0.2, 0.25) is 0 Å². The number of esters is 3. The topological polar surface area (TPSA) is 88.1 Å². The molecule has 3 rings (SSSR count). The molecule has 0 bridgehead atoms. The zero-order valence-electron chi connectivity index (χ0n) is 29.1. The molecule has 258 valence electrons. The highest BCUT2D eigenvalue weighted by atomic mass is 16.5. The van der Waals surface area contributed by atoms with Gasteiger partial charge in [-0.1, -0.05) is 83.8 Å². The van der Waals surface area contributed by atoms with E-state index in [2.05, 4.69) is 13.8 Å². The molecule has 0 spiro atoms. The molecule has 0 unspecified atom stereocenters. The number of benzene rings is 3. The summed E-state index contributed by atoms with van der Waals surface area (Å²) in [6.07, 6.45) is 15.6. The van der Waals surface area contributed by atoms with Gasteiger partial charge in [-0.05, 0) is 105 Å². The van der Waals surface area contributed by atoms with E-state index in [1.807, 2.05) is 31.2 Å². The van der Waals surface area contributed by atoms with Gasteiger partial charge < -0.3 is 18.9 Å². The quantitative estimate of drug-likeness (QED) is 0.0488. The molecule has 1 atom stereocenters. The monoisotopic (exact) mass is 656 g/mol. The molecule has 0 radical (unpaired) electrons. The Morgan fingerprint density at radius 2 is 1.10 bits per heavy atom. The Bertz CT molecular complexity index is 1420. The Hall–Kier alpha value is -4.39. The molecule has 0 N–H and O–H groups in total. The van der Waals surface area contributed by atoms with Crippen LogP contribution in [0.3, 0.4) is 0 Å². The fourth-order valence-electron chi connectivity index (χ4n) is 5.06. The van der Waals surface area contributed by atoms with E-state index in [4.69, 9.17) is 18.9 Å². The van der Waals surface area contributed by atoms with Gasteiger partial charge in [-0.15, -0.1) is 0 Å². The lowest BCUT2D eigenvalue weighted by molar-refractivity contribution is -0.130. The zero-order chi connectivity index (χ0) is 34.6. The van der Waals surface area contributed by atoms with Gasteiger partial charge in [-0.2, -0.15) is 0 Å². The van der Waals surface area contributed by atoms with Gasteiger partial charge in [-0.3, -0.25) is 0 Å². The van der Waals surface area contributed by atoms with E-state index in [0.29, 0.717) is 29.2 Å². The van der Waals surface area contributed by atoms with Crippen molar-refractivity contribution in [2.24, 2.45) is 0 Å². The highest BCUT2D eigenvalue weighted by Gasteiger charge is 2.14. The maximum atomic E-state index is 12.7. The number of unbranched alkanes of at least 4 members (excludes halogenated alkanes) is 9. The van der Waals surface area contributed by atoms with Gasteiger partial charge in [-0.25, -0.2) is 14.4 Å². The second-order valence-electron chi connectivity index (χ2n) is 12.3. The summed E-state index contributed by atoms with van der Waals surface area (Å²) in [5.74, 6) is -0.0481. The molecule has 0 aliphatic heterocycles. The third-order valence-electron chi connectivity index (χ3n) is 7.98. The minimum atomic E-state index is -0.574. The third-order valence-corrected chi connectivity index (χ3v) is 7.98. The second kappa shape index (κ2) is 21.5. The van der Waals surface area contributed by atoms with Crippen molar-refractivity contribution in [1.82, 2.24) is 0 Å². The first-order valence-electron chi connectivity index (χ1n) is 17.6. The zero-order valence-corrected chi connectivity index (χ0v) is 29.1. The van der Waals surface area contributed by atoms with Gasteiger partial charge in [0.1, 0.15) is 17.2 Å². The average Bonchev–Trinajstić information content (AvgIpc) is 3.09. The molecular formula is C41H52O7. The van der Waals surface area contributed by atoms with Crippen LogP contribution in [0.15, 0.2) is 78.4 Å². The smallest absolute Gasteiger partial charge is 0.343 e. The van der Waals surface area contributed by atoms with Gasteiger partial charge in [0, 0.05) is 5.57 Å². The number of hydrogen-bond donors (Lipinski definition) is 0. The largest absolute Gasteiger partial charge is 0.494 e. The van der Waals surface area contributed by atoms with Crippen molar-refractivity contribution in [2.75, 3.05) is 6.61 Å². The SMILES string of the molecule is CCCCCCCCCOc1ccc(/C=C(\C)C(=O)Oc2ccc(C(=O)Oc3ccc(C(=O)O[C@@H](C)CCCCCC)cc3)cc2)cc1. The van der Waals surface area contributed by atoms with Crippen LogP contribution in [-0.2, 0) is 9.53 Å². The van der Waals surface area contributed by atoms with E-state index < -0.39 is 17.9 Å². The van der Waals surface area contributed by atoms with E-state index in [-0.39, 0.29) is 11.7 Å². The number of carbonyl (C=O) groups is 3. The first-order valence-corrected chi connectivity index (χ1v) is 17.6. The van der Waals surface area contributed by atoms with E-state index in [0.717, 1.165) is 43.4 Å². The first kappa shape index (κ1) is 38.1. The summed E-state index contributed by atoms with van der Waals surface area (Å²) in [7, 11) is 0. The standard InChI is InChI=1S/C41H52O7/c1-5-7-9-11-12-13-15-29-45-36-23-17-33(18-24-36)30-31(3)39(42)47-37-25-21-35(22-26-37)41(44)48-38-27-19-34(20-28-38)40(43)46-32(4)16-14-10-8-6-2/h17-28,30,32H,5-16,29H2,1-4H3/b31-30+/t32-/m0/s1. The van der Waals surface area contributed by atoms with Crippen molar-refractivity contribution in [3.05, 3.63) is 95.1 Å². The van der Waals surface area contributed by atoms with E-state index in [1.54, 1.807) is 49.4 Å². The molecule has 48 heavy (non-hydrogen) atoms. The fraction of sp³-hybridized carbons (Fsp3) is 0.439. The summed E-state index contributed by atoms with van der Waals surface area (Å²) < 4.78 is 22.3. The molecule has 7 heteroatoms. The van der Waals surface area contributed by atoms with Crippen molar-refractivity contribution in [3.63, 3.8) is 0 Å². The molecule has 0 saturated heterocycles. The van der Waals surface area contributed by atoms with Crippen molar-refractivity contribution < 1.29 is 33.3 Å². The van der Waals surface area contributed by atoms with Crippen LogP contribution < -0.4 is 14.2 Å². The Morgan fingerprint density at radius 3 is 1.71 bits per heavy atom. The minimum absolute atomic E-state index is 0.156. The average molecular weight is 657 g/mol.